The van der Waals surface area contributed by atoms with E-state index in [2.05, 4.69) is 4.98 Å². The molecule has 1 aromatic carbocycles. The summed E-state index contributed by atoms with van der Waals surface area (Å²) in [6, 6.07) is 8.55. The Morgan fingerprint density at radius 2 is 2.06 bits per heavy atom. The fraction of sp³-hybridized carbons (Fsp3) is 0.250. The third kappa shape index (κ3) is 2.34. The van der Waals surface area contributed by atoms with Crippen LogP contribution in [-0.4, -0.2) is 37.2 Å². The van der Waals surface area contributed by atoms with Gasteiger partial charge in [0.2, 0.25) is 10.0 Å². The van der Waals surface area contributed by atoms with Gasteiger partial charge in [-0.1, -0.05) is 6.07 Å². The van der Waals surface area contributed by atoms with Crippen LogP contribution >= 0.6 is 11.6 Å². The second-order valence-corrected chi connectivity index (χ2v) is 6.23. The lowest BCUT2D eigenvalue weighted by molar-refractivity contribution is 0.488. The molecule has 2 aromatic rings. The lowest BCUT2D eigenvalue weighted by Crippen LogP contribution is -2.28. The molecular weight excluding hydrogens is 272 g/mol. The van der Waals surface area contributed by atoms with E-state index in [1.165, 1.54) is 11.4 Å². The number of fused-ring (bicyclic) bond motifs is 1. The fourth-order valence-corrected chi connectivity index (χ4v) is 3.43. The maximum Gasteiger partial charge on any atom is 0.243 e. The number of benzene rings is 1. The van der Waals surface area contributed by atoms with Gasteiger partial charge in [-0.15, -0.1) is 11.6 Å². The molecule has 0 unspecified atom stereocenters. The quantitative estimate of drug-likeness (QED) is 0.808. The van der Waals surface area contributed by atoms with Gasteiger partial charge in [-0.05, 0) is 24.3 Å². The Labute approximate surface area is 111 Å². The van der Waals surface area contributed by atoms with Crippen molar-refractivity contribution in [3.05, 3.63) is 36.5 Å². The number of hydrogen-bond acceptors (Lipinski definition) is 3. The molecule has 2 rings (SSSR count). The van der Waals surface area contributed by atoms with Crippen LogP contribution in [0.25, 0.3) is 10.9 Å². The van der Waals surface area contributed by atoms with Crippen LogP contribution in [-0.2, 0) is 10.0 Å². The van der Waals surface area contributed by atoms with Crippen LogP contribution in [0.3, 0.4) is 0 Å². The van der Waals surface area contributed by atoms with Gasteiger partial charge < -0.3 is 0 Å². The van der Waals surface area contributed by atoms with Crippen LogP contribution in [0.4, 0.5) is 0 Å². The number of aromatic nitrogens is 1. The minimum Gasteiger partial charge on any atom is -0.256 e. The summed E-state index contributed by atoms with van der Waals surface area (Å²) >= 11 is 5.59. The van der Waals surface area contributed by atoms with E-state index in [1.807, 2.05) is 0 Å². The molecule has 4 nitrogen and oxygen atoms in total. The summed E-state index contributed by atoms with van der Waals surface area (Å²) in [5.41, 5.74) is 0.665. The summed E-state index contributed by atoms with van der Waals surface area (Å²) in [5, 5.41) is 0.626. The number of pyridine rings is 1. The van der Waals surface area contributed by atoms with E-state index < -0.39 is 10.0 Å². The van der Waals surface area contributed by atoms with Crippen LogP contribution in [0.15, 0.2) is 41.4 Å². The highest BCUT2D eigenvalue weighted by Gasteiger charge is 2.22. The first-order valence-electron chi connectivity index (χ1n) is 5.43. The molecule has 0 fully saturated rings. The smallest absolute Gasteiger partial charge is 0.243 e. The molecule has 18 heavy (non-hydrogen) atoms. The molecule has 96 valence electrons. The lowest BCUT2D eigenvalue weighted by Gasteiger charge is -2.16. The van der Waals surface area contributed by atoms with E-state index in [4.69, 9.17) is 11.6 Å². The van der Waals surface area contributed by atoms with Gasteiger partial charge in [0.25, 0.3) is 0 Å². The summed E-state index contributed by atoms with van der Waals surface area (Å²) in [4.78, 5) is 4.42. The van der Waals surface area contributed by atoms with Crippen molar-refractivity contribution < 1.29 is 8.42 Å². The normalized spacial score (nSPS) is 12.2. The maximum atomic E-state index is 12.4. The van der Waals surface area contributed by atoms with E-state index in [-0.39, 0.29) is 17.3 Å². The van der Waals surface area contributed by atoms with Gasteiger partial charge in [-0.2, -0.15) is 4.31 Å². The highest BCUT2D eigenvalue weighted by Crippen LogP contribution is 2.23. The van der Waals surface area contributed by atoms with Gasteiger partial charge in [0.05, 0.1) is 10.4 Å². The molecule has 1 heterocycles. The van der Waals surface area contributed by atoms with Crippen LogP contribution in [0.5, 0.6) is 0 Å². The van der Waals surface area contributed by atoms with Crippen molar-refractivity contribution in [1.29, 1.82) is 0 Å². The zero-order valence-electron chi connectivity index (χ0n) is 9.88. The Morgan fingerprint density at radius 1 is 1.28 bits per heavy atom. The molecule has 0 saturated heterocycles. The Kier molecular flexibility index (Phi) is 3.85. The van der Waals surface area contributed by atoms with Crippen LogP contribution < -0.4 is 0 Å². The van der Waals surface area contributed by atoms with E-state index in [9.17, 15) is 8.42 Å². The molecule has 0 saturated carbocycles. The number of nitrogens with zero attached hydrogens (tertiary/aromatic N) is 2. The molecule has 0 bridgehead atoms. The second-order valence-electron chi connectivity index (χ2n) is 3.84. The molecule has 6 heteroatoms. The fourth-order valence-electron chi connectivity index (χ4n) is 1.71. The number of halogens is 1. The molecule has 0 aliphatic carbocycles. The molecule has 0 aliphatic heterocycles. The Hall–Kier alpha value is -1.17. The number of hydrogen-bond donors (Lipinski definition) is 0. The third-order valence-electron chi connectivity index (χ3n) is 2.69. The van der Waals surface area contributed by atoms with Gasteiger partial charge in [0.15, 0.2) is 0 Å². The standard InChI is InChI=1S/C12H13ClN2O2S/c1-15(9-7-13)18(16,17)12-6-2-5-11-10(12)4-3-8-14-11/h2-6,8H,7,9H2,1H3. The Balaban J connectivity index is 2.61. The second kappa shape index (κ2) is 5.22. The highest BCUT2D eigenvalue weighted by molar-refractivity contribution is 7.89. The van der Waals surface area contributed by atoms with Gasteiger partial charge in [-0.3, -0.25) is 4.98 Å². The van der Waals surface area contributed by atoms with E-state index in [1.54, 1.807) is 36.5 Å². The molecule has 0 amide bonds. The van der Waals surface area contributed by atoms with Crippen molar-refractivity contribution in [2.45, 2.75) is 4.90 Å². The molecule has 0 spiro atoms. The van der Waals surface area contributed by atoms with Crippen LogP contribution in [0.1, 0.15) is 0 Å². The minimum atomic E-state index is -3.52. The van der Waals surface area contributed by atoms with Crippen molar-refractivity contribution in [3.63, 3.8) is 0 Å². The van der Waals surface area contributed by atoms with E-state index in [0.29, 0.717) is 10.9 Å². The predicted octanol–water partition coefficient (Wildman–Crippen LogP) is 2.09. The van der Waals surface area contributed by atoms with Crippen molar-refractivity contribution >= 4 is 32.5 Å². The first-order chi connectivity index (χ1) is 8.57. The Morgan fingerprint density at radius 3 is 2.78 bits per heavy atom. The average molecular weight is 285 g/mol. The van der Waals surface area contributed by atoms with Crippen LogP contribution in [0.2, 0.25) is 0 Å². The maximum absolute atomic E-state index is 12.4. The zero-order chi connectivity index (χ0) is 13.2. The van der Waals surface area contributed by atoms with Crippen molar-refractivity contribution in [2.24, 2.45) is 0 Å². The largest absolute Gasteiger partial charge is 0.256 e. The van der Waals surface area contributed by atoms with Crippen LogP contribution in [0, 0.1) is 0 Å². The van der Waals surface area contributed by atoms with Crippen molar-refractivity contribution in [1.82, 2.24) is 9.29 Å². The topological polar surface area (TPSA) is 50.3 Å². The van der Waals surface area contributed by atoms with E-state index in [0.717, 1.165) is 0 Å². The molecular formula is C12H13ClN2O2S. The first kappa shape index (κ1) is 13.3. The Bertz CT molecular complexity index is 653. The summed E-state index contributed by atoms with van der Waals surface area (Å²) in [6.07, 6.45) is 1.64. The molecule has 1 aromatic heterocycles. The van der Waals surface area contributed by atoms with Gasteiger partial charge >= 0.3 is 0 Å². The minimum absolute atomic E-state index is 0.263. The van der Waals surface area contributed by atoms with Gasteiger partial charge in [-0.25, -0.2) is 8.42 Å². The van der Waals surface area contributed by atoms with Gasteiger partial charge in [0, 0.05) is 31.1 Å². The van der Waals surface area contributed by atoms with Crippen molar-refractivity contribution in [3.8, 4) is 0 Å². The summed E-state index contributed by atoms with van der Waals surface area (Å²) in [7, 11) is -2.00. The van der Waals surface area contributed by atoms with Gasteiger partial charge in [0.1, 0.15) is 0 Å². The molecule has 0 N–H and O–H groups in total. The SMILES string of the molecule is CN(CCCl)S(=O)(=O)c1cccc2ncccc12. The molecule has 0 atom stereocenters. The summed E-state index contributed by atoms with van der Waals surface area (Å²) in [6.45, 7) is 0.278. The molecule has 0 aliphatic rings. The summed E-state index contributed by atoms with van der Waals surface area (Å²) in [5.74, 6) is 0.263. The third-order valence-corrected chi connectivity index (χ3v) is 4.78. The number of sulfonamides is 1. The number of rotatable bonds is 4. The summed E-state index contributed by atoms with van der Waals surface area (Å²) < 4.78 is 26.0. The zero-order valence-corrected chi connectivity index (χ0v) is 11.4. The average Bonchev–Trinajstić information content (AvgIpc) is 2.38. The molecule has 0 radical (unpaired) electrons. The number of alkyl halides is 1. The van der Waals surface area contributed by atoms with E-state index >= 15 is 0 Å². The highest BCUT2D eigenvalue weighted by atomic mass is 35.5. The monoisotopic (exact) mass is 284 g/mol. The predicted molar refractivity (Wildman–Crippen MR) is 72.3 cm³/mol. The first-order valence-corrected chi connectivity index (χ1v) is 7.41. The van der Waals surface area contributed by atoms with Crippen molar-refractivity contribution in [2.75, 3.05) is 19.5 Å². The lowest BCUT2D eigenvalue weighted by atomic mass is 10.2.